The summed E-state index contributed by atoms with van der Waals surface area (Å²) in [6.07, 6.45) is 0.728. The minimum Gasteiger partial charge on any atom is -0.409 e. The quantitative estimate of drug-likeness (QED) is 0.334. The number of oxime groups is 1. The SMILES string of the molecule is CCC(CC)(NC(=O)c1cc(F)cc(F)c1)/C(N)=N/O. The van der Waals surface area contributed by atoms with Gasteiger partial charge in [0.15, 0.2) is 5.84 Å². The van der Waals surface area contributed by atoms with E-state index in [4.69, 9.17) is 10.9 Å². The largest absolute Gasteiger partial charge is 0.409 e. The van der Waals surface area contributed by atoms with E-state index in [1.165, 1.54) is 0 Å². The number of hydrogen-bond acceptors (Lipinski definition) is 3. The number of nitrogens with one attached hydrogen (secondary N) is 1. The molecule has 4 N–H and O–H groups in total. The zero-order valence-electron chi connectivity index (χ0n) is 11.3. The molecule has 0 saturated carbocycles. The Hall–Kier alpha value is -2.18. The molecule has 110 valence electrons. The molecule has 0 aliphatic carbocycles. The van der Waals surface area contributed by atoms with Gasteiger partial charge in [0.25, 0.3) is 5.91 Å². The minimum atomic E-state index is -1.06. The maximum Gasteiger partial charge on any atom is 0.252 e. The van der Waals surface area contributed by atoms with Crippen LogP contribution >= 0.6 is 0 Å². The molecule has 20 heavy (non-hydrogen) atoms. The van der Waals surface area contributed by atoms with Crippen molar-refractivity contribution >= 4 is 11.7 Å². The smallest absolute Gasteiger partial charge is 0.252 e. The third-order valence-corrected chi connectivity index (χ3v) is 3.28. The van der Waals surface area contributed by atoms with Crippen molar-refractivity contribution in [2.45, 2.75) is 32.2 Å². The average Bonchev–Trinajstić information content (AvgIpc) is 2.42. The van der Waals surface area contributed by atoms with Gasteiger partial charge in [0.2, 0.25) is 0 Å². The first kappa shape index (κ1) is 15.9. The number of nitrogens with two attached hydrogens (primary N) is 1. The van der Waals surface area contributed by atoms with E-state index in [0.717, 1.165) is 12.1 Å². The fourth-order valence-corrected chi connectivity index (χ4v) is 1.92. The first-order valence-electron chi connectivity index (χ1n) is 6.15. The number of halogens is 2. The molecule has 1 aromatic rings. The Bertz CT molecular complexity index is 508. The van der Waals surface area contributed by atoms with E-state index in [1.54, 1.807) is 13.8 Å². The molecular formula is C13H17F2N3O2. The summed E-state index contributed by atoms with van der Waals surface area (Å²) in [5.41, 5.74) is 4.37. The second-order valence-electron chi connectivity index (χ2n) is 4.39. The Morgan fingerprint density at radius 2 is 1.80 bits per heavy atom. The summed E-state index contributed by atoms with van der Waals surface area (Å²) in [6, 6.07) is 2.51. The molecule has 0 saturated heterocycles. The molecule has 0 bridgehead atoms. The molecule has 0 atom stereocenters. The van der Waals surface area contributed by atoms with E-state index < -0.39 is 23.1 Å². The Morgan fingerprint density at radius 3 is 2.20 bits per heavy atom. The first-order chi connectivity index (χ1) is 9.38. The predicted molar refractivity (Wildman–Crippen MR) is 70.5 cm³/mol. The molecule has 0 spiro atoms. The normalized spacial score (nSPS) is 12.3. The molecule has 0 aromatic heterocycles. The zero-order valence-corrected chi connectivity index (χ0v) is 11.3. The topological polar surface area (TPSA) is 87.7 Å². The van der Waals surface area contributed by atoms with E-state index >= 15 is 0 Å². The summed E-state index contributed by atoms with van der Waals surface area (Å²) in [4.78, 5) is 12.1. The van der Waals surface area contributed by atoms with Gasteiger partial charge in [-0.1, -0.05) is 19.0 Å². The highest BCUT2D eigenvalue weighted by atomic mass is 19.1. The highest BCUT2D eigenvalue weighted by Gasteiger charge is 2.33. The number of amides is 1. The van der Waals surface area contributed by atoms with Gasteiger partial charge in [-0.2, -0.15) is 0 Å². The van der Waals surface area contributed by atoms with Crippen molar-refractivity contribution in [3.05, 3.63) is 35.4 Å². The van der Waals surface area contributed by atoms with E-state index in [-0.39, 0.29) is 11.4 Å². The lowest BCUT2D eigenvalue weighted by atomic mass is 9.91. The average molecular weight is 285 g/mol. The van der Waals surface area contributed by atoms with Crippen molar-refractivity contribution in [2.24, 2.45) is 10.9 Å². The number of amidine groups is 1. The second kappa shape index (κ2) is 6.31. The number of carbonyl (C=O) groups is 1. The predicted octanol–water partition coefficient (Wildman–Crippen LogP) is 2.00. The van der Waals surface area contributed by atoms with Crippen molar-refractivity contribution in [2.75, 3.05) is 0 Å². The van der Waals surface area contributed by atoms with Gasteiger partial charge >= 0.3 is 0 Å². The number of carbonyl (C=O) groups excluding carboxylic acids is 1. The number of rotatable bonds is 5. The van der Waals surface area contributed by atoms with Gasteiger partial charge < -0.3 is 16.3 Å². The molecule has 0 radical (unpaired) electrons. The fourth-order valence-electron chi connectivity index (χ4n) is 1.92. The summed E-state index contributed by atoms with van der Waals surface area (Å²) in [5.74, 6) is -2.55. The van der Waals surface area contributed by atoms with Crippen LogP contribution in [0, 0.1) is 11.6 Å². The molecule has 1 aromatic carbocycles. The molecule has 0 heterocycles. The van der Waals surface area contributed by atoms with Gasteiger partial charge in [0.05, 0.1) is 0 Å². The van der Waals surface area contributed by atoms with E-state index in [2.05, 4.69) is 10.5 Å². The van der Waals surface area contributed by atoms with Gasteiger partial charge in [-0.05, 0) is 25.0 Å². The van der Waals surface area contributed by atoms with Crippen molar-refractivity contribution in [1.82, 2.24) is 5.32 Å². The second-order valence-corrected chi connectivity index (χ2v) is 4.39. The van der Waals surface area contributed by atoms with E-state index in [1.807, 2.05) is 0 Å². The molecule has 0 fully saturated rings. The van der Waals surface area contributed by atoms with E-state index in [9.17, 15) is 13.6 Å². The lowest BCUT2D eigenvalue weighted by Gasteiger charge is -2.31. The summed E-state index contributed by atoms with van der Waals surface area (Å²) in [7, 11) is 0. The van der Waals surface area contributed by atoms with E-state index in [0.29, 0.717) is 18.9 Å². The van der Waals surface area contributed by atoms with Crippen LogP contribution in [0.4, 0.5) is 8.78 Å². The maximum absolute atomic E-state index is 13.1. The van der Waals surface area contributed by atoms with Gasteiger partial charge in [-0.25, -0.2) is 8.78 Å². The molecule has 0 aliphatic heterocycles. The Kier molecular flexibility index (Phi) is 5.01. The Labute approximate surface area is 115 Å². The van der Waals surface area contributed by atoms with Crippen LogP contribution in [0.3, 0.4) is 0 Å². The minimum absolute atomic E-state index is 0.160. The first-order valence-corrected chi connectivity index (χ1v) is 6.15. The summed E-state index contributed by atoms with van der Waals surface area (Å²) < 4.78 is 26.2. The van der Waals surface area contributed by atoms with Gasteiger partial charge in [-0.15, -0.1) is 0 Å². The number of nitrogens with zero attached hydrogens (tertiary/aromatic N) is 1. The third kappa shape index (κ3) is 3.23. The van der Waals surface area contributed by atoms with Gasteiger partial charge in [-0.3, -0.25) is 4.79 Å². The van der Waals surface area contributed by atoms with Crippen LogP contribution < -0.4 is 11.1 Å². The van der Waals surface area contributed by atoms with Crippen LogP contribution in [0.15, 0.2) is 23.4 Å². The van der Waals surface area contributed by atoms with Crippen molar-refractivity contribution < 1.29 is 18.8 Å². The molecule has 1 rings (SSSR count). The van der Waals surface area contributed by atoms with Crippen LogP contribution in [0.1, 0.15) is 37.0 Å². The van der Waals surface area contributed by atoms with Crippen LogP contribution in [0.2, 0.25) is 0 Å². The van der Waals surface area contributed by atoms with Crippen molar-refractivity contribution in [3.63, 3.8) is 0 Å². The lowest BCUT2D eigenvalue weighted by Crippen LogP contribution is -2.56. The highest BCUT2D eigenvalue weighted by Crippen LogP contribution is 2.17. The van der Waals surface area contributed by atoms with Gasteiger partial charge in [0, 0.05) is 11.6 Å². The van der Waals surface area contributed by atoms with Crippen molar-refractivity contribution in [3.8, 4) is 0 Å². The third-order valence-electron chi connectivity index (χ3n) is 3.28. The lowest BCUT2D eigenvalue weighted by molar-refractivity contribution is 0.0917. The Balaban J connectivity index is 3.08. The molecule has 7 heteroatoms. The molecule has 1 amide bonds. The van der Waals surface area contributed by atoms with Crippen LogP contribution in [0.25, 0.3) is 0 Å². The van der Waals surface area contributed by atoms with Crippen LogP contribution in [-0.4, -0.2) is 22.5 Å². The summed E-state index contributed by atoms with van der Waals surface area (Å²) in [6.45, 7) is 3.49. The van der Waals surface area contributed by atoms with Crippen LogP contribution in [-0.2, 0) is 0 Å². The molecule has 0 aliphatic rings. The number of hydrogen-bond donors (Lipinski definition) is 3. The summed E-state index contributed by atoms with van der Waals surface area (Å²) >= 11 is 0. The monoisotopic (exact) mass is 285 g/mol. The molecular weight excluding hydrogens is 268 g/mol. The van der Waals surface area contributed by atoms with Crippen LogP contribution in [0.5, 0.6) is 0 Å². The molecule has 0 unspecified atom stereocenters. The maximum atomic E-state index is 13.1. The van der Waals surface area contributed by atoms with Crippen molar-refractivity contribution in [1.29, 1.82) is 0 Å². The highest BCUT2D eigenvalue weighted by molar-refractivity contribution is 6.00. The number of benzene rings is 1. The molecule has 5 nitrogen and oxygen atoms in total. The standard InChI is InChI=1S/C13H17F2N3O2/c1-3-13(4-2,12(16)18-20)17-11(19)8-5-9(14)7-10(15)6-8/h5-7,20H,3-4H2,1-2H3,(H2,16,18)(H,17,19). The summed E-state index contributed by atoms with van der Waals surface area (Å²) in [5, 5.41) is 14.3. The Morgan fingerprint density at radius 1 is 1.30 bits per heavy atom. The van der Waals surface area contributed by atoms with Gasteiger partial charge in [0.1, 0.15) is 17.2 Å². The zero-order chi connectivity index (χ0) is 15.3. The fraction of sp³-hybridized carbons (Fsp3) is 0.385.